The van der Waals surface area contributed by atoms with Gasteiger partial charge in [0.05, 0.1) is 6.04 Å². The first-order valence-corrected chi connectivity index (χ1v) is 11.0. The first-order valence-electron chi connectivity index (χ1n) is 11.0. The van der Waals surface area contributed by atoms with Gasteiger partial charge < -0.3 is 15.1 Å². The molecule has 3 aliphatic rings. The molecule has 1 saturated carbocycles. The number of halogens is 1. The number of urea groups is 1. The fraction of sp³-hybridized carbons (Fsp3) is 0.636. The molecule has 0 spiro atoms. The maximum Gasteiger partial charge on any atom is 0.321 e. The van der Waals surface area contributed by atoms with E-state index in [2.05, 4.69) is 10.2 Å². The van der Waals surface area contributed by atoms with Gasteiger partial charge in [0.25, 0.3) is 0 Å². The van der Waals surface area contributed by atoms with Gasteiger partial charge in [0.1, 0.15) is 5.82 Å². The number of carbonyl (C=O) groups is 2. The molecule has 0 unspecified atom stereocenters. The molecule has 3 fully saturated rings. The van der Waals surface area contributed by atoms with Crippen LogP contribution in [0.5, 0.6) is 0 Å². The van der Waals surface area contributed by atoms with Gasteiger partial charge in [0.15, 0.2) is 0 Å². The van der Waals surface area contributed by atoms with Crippen LogP contribution in [0.3, 0.4) is 0 Å². The summed E-state index contributed by atoms with van der Waals surface area (Å²) in [6.07, 6.45) is 6.90. The minimum Gasteiger partial charge on any atom is -0.341 e. The molecule has 6 nitrogen and oxygen atoms in total. The number of amides is 3. The maximum atomic E-state index is 13.3. The zero-order chi connectivity index (χ0) is 20.2. The number of benzene rings is 1. The Bertz CT molecular complexity index is 723. The molecule has 1 aromatic carbocycles. The lowest BCUT2D eigenvalue weighted by molar-refractivity contribution is -0.138. The van der Waals surface area contributed by atoms with Crippen molar-refractivity contribution < 1.29 is 14.0 Å². The first kappa shape index (κ1) is 20.1. The highest BCUT2D eigenvalue weighted by atomic mass is 19.1. The van der Waals surface area contributed by atoms with Crippen LogP contribution in [0.15, 0.2) is 24.3 Å². The molecule has 158 valence electrons. The zero-order valence-corrected chi connectivity index (χ0v) is 17.0. The van der Waals surface area contributed by atoms with Crippen LogP contribution in [-0.2, 0) is 4.79 Å². The Labute approximate surface area is 172 Å². The van der Waals surface area contributed by atoms with Crippen LogP contribution < -0.4 is 5.32 Å². The fourth-order valence-corrected chi connectivity index (χ4v) is 5.03. The molecule has 2 heterocycles. The molecule has 0 bridgehead atoms. The summed E-state index contributed by atoms with van der Waals surface area (Å²) >= 11 is 0. The number of hydrogen-bond donors (Lipinski definition) is 1. The average Bonchev–Trinajstić information content (AvgIpc) is 3.43. The summed E-state index contributed by atoms with van der Waals surface area (Å²) in [7, 11) is 0. The topological polar surface area (TPSA) is 55.9 Å². The van der Waals surface area contributed by atoms with Crippen LogP contribution in [-0.4, -0.2) is 71.9 Å². The molecule has 0 radical (unpaired) electrons. The quantitative estimate of drug-likeness (QED) is 0.842. The fourth-order valence-electron chi connectivity index (χ4n) is 5.03. The molecule has 1 atom stereocenters. The van der Waals surface area contributed by atoms with Gasteiger partial charge in [-0.1, -0.05) is 18.9 Å². The smallest absolute Gasteiger partial charge is 0.321 e. The summed E-state index contributed by atoms with van der Waals surface area (Å²) in [6, 6.07) is 5.69. The number of anilines is 1. The largest absolute Gasteiger partial charge is 0.341 e. The second-order valence-electron chi connectivity index (χ2n) is 8.49. The van der Waals surface area contributed by atoms with E-state index in [0.29, 0.717) is 43.7 Å². The van der Waals surface area contributed by atoms with Crippen LogP contribution in [0.25, 0.3) is 0 Å². The van der Waals surface area contributed by atoms with Crippen molar-refractivity contribution in [3.8, 4) is 0 Å². The van der Waals surface area contributed by atoms with Crippen molar-refractivity contribution in [3.63, 3.8) is 0 Å². The van der Waals surface area contributed by atoms with E-state index in [9.17, 15) is 14.0 Å². The van der Waals surface area contributed by atoms with Gasteiger partial charge >= 0.3 is 6.03 Å². The van der Waals surface area contributed by atoms with Crippen molar-refractivity contribution >= 4 is 17.6 Å². The van der Waals surface area contributed by atoms with Gasteiger partial charge in [-0.2, -0.15) is 0 Å². The van der Waals surface area contributed by atoms with E-state index in [-0.39, 0.29) is 17.9 Å². The second-order valence-corrected chi connectivity index (χ2v) is 8.49. The molecule has 29 heavy (non-hydrogen) atoms. The van der Waals surface area contributed by atoms with E-state index in [0.717, 1.165) is 38.8 Å². The normalized spacial score (nSPS) is 22.1. The van der Waals surface area contributed by atoms with Crippen molar-refractivity contribution in [2.24, 2.45) is 5.92 Å². The molecule has 2 saturated heterocycles. The first-order chi connectivity index (χ1) is 14.1. The Morgan fingerprint density at radius 1 is 0.931 bits per heavy atom. The van der Waals surface area contributed by atoms with Crippen molar-refractivity contribution in [2.75, 3.05) is 44.6 Å². The number of nitrogens with zero attached hydrogens (tertiary/aromatic N) is 3. The van der Waals surface area contributed by atoms with E-state index < -0.39 is 0 Å². The Morgan fingerprint density at radius 2 is 1.62 bits per heavy atom. The lowest BCUT2D eigenvalue weighted by atomic mass is 9.94. The Hall–Kier alpha value is -2.15. The highest BCUT2D eigenvalue weighted by Gasteiger charge is 2.39. The van der Waals surface area contributed by atoms with Crippen molar-refractivity contribution in [2.45, 2.75) is 44.6 Å². The minimum atomic E-state index is -0.368. The van der Waals surface area contributed by atoms with Gasteiger partial charge in [0.2, 0.25) is 5.91 Å². The maximum absolute atomic E-state index is 13.3. The monoisotopic (exact) mass is 402 g/mol. The molecule has 1 aromatic rings. The van der Waals surface area contributed by atoms with Crippen LogP contribution in [0, 0.1) is 11.7 Å². The summed E-state index contributed by atoms with van der Waals surface area (Å²) in [5, 5.41) is 2.77. The summed E-state index contributed by atoms with van der Waals surface area (Å²) in [4.78, 5) is 31.9. The van der Waals surface area contributed by atoms with E-state index in [1.165, 1.54) is 25.0 Å². The number of carbonyl (C=O) groups excluding carboxylic acids is 2. The summed E-state index contributed by atoms with van der Waals surface area (Å²) in [5.74, 6) is 0.371. The number of rotatable bonds is 4. The zero-order valence-electron chi connectivity index (χ0n) is 17.0. The number of hydrogen-bond acceptors (Lipinski definition) is 3. The molecule has 1 aliphatic carbocycles. The van der Waals surface area contributed by atoms with Gasteiger partial charge in [-0.15, -0.1) is 0 Å². The third-order valence-electron chi connectivity index (χ3n) is 6.59. The van der Waals surface area contributed by atoms with Crippen molar-refractivity contribution in [3.05, 3.63) is 30.1 Å². The number of likely N-dealkylation sites (tertiary alicyclic amines) is 1. The Morgan fingerprint density at radius 3 is 2.28 bits per heavy atom. The summed E-state index contributed by atoms with van der Waals surface area (Å²) in [6.45, 7) is 4.35. The van der Waals surface area contributed by atoms with Gasteiger partial charge in [-0.3, -0.25) is 9.69 Å². The van der Waals surface area contributed by atoms with E-state index in [4.69, 9.17) is 0 Å². The number of nitrogens with one attached hydrogen (secondary N) is 1. The predicted octanol–water partition coefficient (Wildman–Crippen LogP) is 3.16. The van der Waals surface area contributed by atoms with Crippen molar-refractivity contribution in [1.82, 2.24) is 14.7 Å². The van der Waals surface area contributed by atoms with E-state index in [1.807, 2.05) is 4.90 Å². The van der Waals surface area contributed by atoms with Crippen molar-refractivity contribution in [1.29, 1.82) is 0 Å². The Balaban J connectivity index is 1.37. The third-order valence-corrected chi connectivity index (χ3v) is 6.59. The predicted molar refractivity (Wildman–Crippen MR) is 110 cm³/mol. The molecule has 0 aromatic heterocycles. The highest BCUT2D eigenvalue weighted by Crippen LogP contribution is 2.32. The standard InChI is InChI=1S/C22H31FN4O2/c23-18-8-5-9-19(16-18)24-22(29)27-14-12-25(13-15-27)20(17-6-1-2-7-17)21(28)26-10-3-4-11-26/h5,8-9,16-17,20H,1-4,6-7,10-15H2,(H,24,29)/t20-/m0/s1. The van der Waals surface area contributed by atoms with Gasteiger partial charge in [0, 0.05) is 45.0 Å². The summed E-state index contributed by atoms with van der Waals surface area (Å²) < 4.78 is 13.3. The SMILES string of the molecule is O=C(Nc1cccc(F)c1)N1CCN([C@H](C(=O)N2CCCC2)C2CCCC2)CC1. The second kappa shape index (κ2) is 9.11. The third kappa shape index (κ3) is 4.71. The lowest BCUT2D eigenvalue weighted by Gasteiger charge is -2.41. The van der Waals surface area contributed by atoms with Gasteiger partial charge in [-0.05, 0) is 49.8 Å². The van der Waals surface area contributed by atoms with Crippen LogP contribution in [0.2, 0.25) is 0 Å². The van der Waals surface area contributed by atoms with E-state index in [1.54, 1.807) is 17.0 Å². The molecule has 1 N–H and O–H groups in total. The van der Waals surface area contributed by atoms with Gasteiger partial charge in [-0.25, -0.2) is 9.18 Å². The lowest BCUT2D eigenvalue weighted by Crippen LogP contribution is -2.58. The van der Waals surface area contributed by atoms with Crippen LogP contribution in [0.4, 0.5) is 14.9 Å². The molecule has 7 heteroatoms. The highest BCUT2D eigenvalue weighted by molar-refractivity contribution is 5.89. The molecule has 3 amide bonds. The van der Waals surface area contributed by atoms with Crippen LogP contribution >= 0.6 is 0 Å². The summed E-state index contributed by atoms with van der Waals surface area (Å²) in [5.41, 5.74) is 0.463. The average molecular weight is 403 g/mol. The molecular weight excluding hydrogens is 371 g/mol. The number of piperazine rings is 1. The van der Waals surface area contributed by atoms with Crippen LogP contribution in [0.1, 0.15) is 38.5 Å². The Kier molecular flexibility index (Phi) is 6.33. The molecular formula is C22H31FN4O2. The molecule has 4 rings (SSSR count). The van der Waals surface area contributed by atoms with E-state index >= 15 is 0 Å². The minimum absolute atomic E-state index is 0.0379. The molecule has 2 aliphatic heterocycles.